The highest BCUT2D eigenvalue weighted by Gasteiger charge is 2.13. The number of furan rings is 1. The first-order valence-corrected chi connectivity index (χ1v) is 11.9. The summed E-state index contributed by atoms with van der Waals surface area (Å²) in [7, 11) is 0. The molecule has 0 radical (unpaired) electrons. The van der Waals surface area contributed by atoms with E-state index in [0.717, 1.165) is 90.1 Å². The molecule has 0 bridgehead atoms. The predicted molar refractivity (Wildman–Crippen MR) is 135 cm³/mol. The first kappa shape index (κ1) is 26.4. The summed E-state index contributed by atoms with van der Waals surface area (Å²) in [6.45, 7) is 8.23. The molecule has 31 heavy (non-hydrogen) atoms. The molecule has 1 aliphatic carbocycles. The largest absolute Gasteiger partial charge is 0.469 e. The number of hydrogen-bond donors (Lipinski definition) is 2. The number of nitrogens with zero attached hydrogens (tertiary/aromatic N) is 2. The van der Waals surface area contributed by atoms with E-state index in [2.05, 4.69) is 15.5 Å². The van der Waals surface area contributed by atoms with Crippen molar-refractivity contribution in [1.29, 1.82) is 0 Å². The minimum Gasteiger partial charge on any atom is -0.469 e. The minimum atomic E-state index is 0. The van der Waals surface area contributed by atoms with Crippen molar-refractivity contribution < 1.29 is 13.9 Å². The predicted octanol–water partition coefficient (Wildman–Crippen LogP) is 3.44. The maximum atomic E-state index is 6.02. The van der Waals surface area contributed by atoms with Gasteiger partial charge in [-0.1, -0.05) is 19.3 Å². The van der Waals surface area contributed by atoms with Gasteiger partial charge in [0.1, 0.15) is 5.76 Å². The van der Waals surface area contributed by atoms with Gasteiger partial charge in [0.15, 0.2) is 5.96 Å². The Bertz CT molecular complexity index is 573. The Morgan fingerprint density at radius 3 is 2.68 bits per heavy atom. The number of morpholine rings is 1. The summed E-state index contributed by atoms with van der Waals surface area (Å²) < 4.78 is 16.9. The zero-order chi connectivity index (χ0) is 20.7. The van der Waals surface area contributed by atoms with Gasteiger partial charge in [0.2, 0.25) is 0 Å². The van der Waals surface area contributed by atoms with Crippen LogP contribution in [0.3, 0.4) is 0 Å². The van der Waals surface area contributed by atoms with Crippen LogP contribution in [0.1, 0.15) is 50.7 Å². The Balaban J connectivity index is 0.00000341. The molecule has 1 aromatic rings. The molecule has 1 saturated carbocycles. The van der Waals surface area contributed by atoms with E-state index in [-0.39, 0.29) is 24.0 Å². The summed E-state index contributed by atoms with van der Waals surface area (Å²) in [6.07, 6.45) is 11.6. The third kappa shape index (κ3) is 11.5. The second-order valence-electron chi connectivity index (χ2n) is 8.21. The third-order valence-corrected chi connectivity index (χ3v) is 5.77. The van der Waals surface area contributed by atoms with Crippen molar-refractivity contribution in [2.24, 2.45) is 4.99 Å². The molecule has 0 amide bonds. The van der Waals surface area contributed by atoms with Crippen LogP contribution < -0.4 is 10.6 Å². The van der Waals surface area contributed by atoms with E-state index in [1.165, 1.54) is 32.1 Å². The van der Waals surface area contributed by atoms with E-state index in [0.29, 0.717) is 6.10 Å². The monoisotopic (exact) mass is 548 g/mol. The highest BCUT2D eigenvalue weighted by atomic mass is 127. The van der Waals surface area contributed by atoms with Gasteiger partial charge in [-0.3, -0.25) is 9.89 Å². The SMILES string of the molecule is I.c1coc(CCNC(=NCCCOC2CCCCC2)NCCCN2CCOCC2)c1. The summed E-state index contributed by atoms with van der Waals surface area (Å²) in [5.41, 5.74) is 0. The summed E-state index contributed by atoms with van der Waals surface area (Å²) in [5.74, 6) is 1.89. The molecule has 0 aromatic carbocycles. The van der Waals surface area contributed by atoms with Crippen molar-refractivity contribution in [2.45, 2.75) is 57.5 Å². The number of halogens is 1. The van der Waals surface area contributed by atoms with Crippen LogP contribution in [0.2, 0.25) is 0 Å². The van der Waals surface area contributed by atoms with Crippen LogP contribution in [-0.4, -0.2) is 76.1 Å². The normalized spacial score (nSPS) is 18.5. The molecule has 0 unspecified atom stereocenters. The van der Waals surface area contributed by atoms with Gasteiger partial charge in [0.05, 0.1) is 25.6 Å². The lowest BCUT2D eigenvalue weighted by molar-refractivity contribution is 0.0281. The fraction of sp³-hybridized carbons (Fsp3) is 0.783. The quantitative estimate of drug-likeness (QED) is 0.181. The highest BCUT2D eigenvalue weighted by Crippen LogP contribution is 2.20. The Hall–Kier alpha value is -0.840. The van der Waals surface area contributed by atoms with E-state index in [1.807, 2.05) is 12.1 Å². The lowest BCUT2D eigenvalue weighted by Crippen LogP contribution is -2.41. The number of ether oxygens (including phenoxy) is 2. The molecule has 178 valence electrons. The number of nitrogens with one attached hydrogen (secondary N) is 2. The van der Waals surface area contributed by atoms with Crippen molar-refractivity contribution in [2.75, 3.05) is 59.1 Å². The topological polar surface area (TPSA) is 71.3 Å². The molecular weight excluding hydrogens is 507 g/mol. The maximum Gasteiger partial charge on any atom is 0.191 e. The van der Waals surface area contributed by atoms with E-state index in [1.54, 1.807) is 6.26 Å². The van der Waals surface area contributed by atoms with Crippen molar-refractivity contribution >= 4 is 29.9 Å². The van der Waals surface area contributed by atoms with Crippen LogP contribution >= 0.6 is 24.0 Å². The number of aliphatic imine (C=N–C) groups is 1. The van der Waals surface area contributed by atoms with E-state index in [4.69, 9.17) is 18.9 Å². The van der Waals surface area contributed by atoms with Crippen molar-refractivity contribution in [3.8, 4) is 0 Å². The first-order valence-electron chi connectivity index (χ1n) is 11.9. The highest BCUT2D eigenvalue weighted by molar-refractivity contribution is 14.0. The molecule has 8 heteroatoms. The summed E-state index contributed by atoms with van der Waals surface area (Å²) in [4.78, 5) is 7.23. The number of guanidine groups is 1. The first-order chi connectivity index (χ1) is 14.9. The van der Waals surface area contributed by atoms with Crippen molar-refractivity contribution in [3.05, 3.63) is 24.2 Å². The minimum absolute atomic E-state index is 0. The summed E-state index contributed by atoms with van der Waals surface area (Å²) in [5, 5.41) is 6.93. The average molecular weight is 549 g/mol. The van der Waals surface area contributed by atoms with Crippen molar-refractivity contribution in [1.82, 2.24) is 15.5 Å². The van der Waals surface area contributed by atoms with Crippen molar-refractivity contribution in [3.63, 3.8) is 0 Å². The van der Waals surface area contributed by atoms with Gasteiger partial charge in [-0.25, -0.2) is 0 Å². The molecule has 1 saturated heterocycles. The Morgan fingerprint density at radius 1 is 1.10 bits per heavy atom. The molecule has 2 fully saturated rings. The van der Waals surface area contributed by atoms with Gasteiger partial charge in [0.25, 0.3) is 0 Å². The molecule has 0 spiro atoms. The second kappa shape index (κ2) is 16.7. The molecule has 7 nitrogen and oxygen atoms in total. The molecule has 2 aliphatic rings. The summed E-state index contributed by atoms with van der Waals surface area (Å²) in [6, 6.07) is 3.94. The Morgan fingerprint density at radius 2 is 1.90 bits per heavy atom. The molecule has 2 heterocycles. The molecule has 1 aromatic heterocycles. The van der Waals surface area contributed by atoms with Crippen LogP contribution in [0.4, 0.5) is 0 Å². The Kier molecular flexibility index (Phi) is 14.3. The van der Waals surface area contributed by atoms with Crippen LogP contribution in [0, 0.1) is 0 Å². The Labute approximate surface area is 204 Å². The van der Waals surface area contributed by atoms with E-state index >= 15 is 0 Å². The van der Waals surface area contributed by atoms with E-state index in [9.17, 15) is 0 Å². The molecule has 0 atom stereocenters. The number of hydrogen-bond acceptors (Lipinski definition) is 5. The van der Waals surface area contributed by atoms with Crippen LogP contribution in [0.25, 0.3) is 0 Å². The van der Waals surface area contributed by atoms with Gasteiger partial charge in [-0.05, 0) is 44.4 Å². The van der Waals surface area contributed by atoms with Crippen LogP contribution in [0.5, 0.6) is 0 Å². The van der Waals surface area contributed by atoms with Gasteiger partial charge in [0, 0.05) is 45.8 Å². The third-order valence-electron chi connectivity index (χ3n) is 5.77. The number of rotatable bonds is 12. The van der Waals surface area contributed by atoms with Gasteiger partial charge >= 0.3 is 0 Å². The molecule has 3 rings (SSSR count). The molecule has 1 aliphatic heterocycles. The average Bonchev–Trinajstić information content (AvgIpc) is 3.31. The standard InChI is InChI=1S/C23H40N4O3.HI/c1-2-7-21(8-3-1)30-18-6-12-25-23(26-13-10-22-9-4-17-29-22)24-11-5-14-27-15-19-28-20-16-27;/h4,9,17,21H,1-3,5-8,10-16,18-20H2,(H2,24,25,26);1H. The van der Waals surface area contributed by atoms with Gasteiger partial charge in [-0.2, -0.15) is 0 Å². The van der Waals surface area contributed by atoms with E-state index < -0.39 is 0 Å². The fourth-order valence-corrected chi connectivity index (χ4v) is 4.00. The lowest BCUT2D eigenvalue weighted by atomic mass is 9.98. The van der Waals surface area contributed by atoms with Gasteiger partial charge < -0.3 is 24.5 Å². The molecule has 2 N–H and O–H groups in total. The maximum absolute atomic E-state index is 6.02. The smallest absolute Gasteiger partial charge is 0.191 e. The summed E-state index contributed by atoms with van der Waals surface area (Å²) >= 11 is 0. The zero-order valence-corrected chi connectivity index (χ0v) is 21.2. The van der Waals surface area contributed by atoms with Gasteiger partial charge in [-0.15, -0.1) is 24.0 Å². The zero-order valence-electron chi connectivity index (χ0n) is 18.9. The fourth-order valence-electron chi connectivity index (χ4n) is 4.00. The van der Waals surface area contributed by atoms with Crippen LogP contribution in [0.15, 0.2) is 27.8 Å². The second-order valence-corrected chi connectivity index (χ2v) is 8.21. The lowest BCUT2D eigenvalue weighted by Gasteiger charge is -2.26. The van der Waals surface area contributed by atoms with Crippen LogP contribution in [-0.2, 0) is 15.9 Å². The molecular formula is C23H41IN4O3.